The fourth-order valence-corrected chi connectivity index (χ4v) is 3.93. The Balaban J connectivity index is 2.25. The van der Waals surface area contributed by atoms with E-state index in [1.807, 2.05) is 0 Å². The van der Waals surface area contributed by atoms with Crippen molar-refractivity contribution in [3.05, 3.63) is 17.2 Å². The van der Waals surface area contributed by atoms with Gasteiger partial charge in [0, 0.05) is 17.6 Å². The lowest BCUT2D eigenvalue weighted by Crippen LogP contribution is -2.28. The zero-order chi connectivity index (χ0) is 13.3. The summed E-state index contributed by atoms with van der Waals surface area (Å²) in [6.07, 6.45) is 5.03. The third kappa shape index (κ3) is 2.81. The van der Waals surface area contributed by atoms with E-state index in [4.69, 9.17) is 4.98 Å². The topological polar surface area (TPSA) is 17.8 Å². The molecule has 0 amide bonds. The lowest BCUT2D eigenvalue weighted by Gasteiger charge is -2.30. The van der Waals surface area contributed by atoms with Crippen LogP contribution >= 0.6 is 15.9 Å². The van der Waals surface area contributed by atoms with Crippen LogP contribution in [0.5, 0.6) is 0 Å². The summed E-state index contributed by atoms with van der Waals surface area (Å²) >= 11 is 3.68. The van der Waals surface area contributed by atoms with E-state index in [-0.39, 0.29) is 0 Å². The standard InChI is InChI=1S/C15H25BrN2/c1-11-17-13-7-5-6-8-14(13)18(11)10-12(9-16)15(2,3)4/h12H,5-10H2,1-4H3. The Bertz CT molecular complexity index is 415. The van der Waals surface area contributed by atoms with Crippen LogP contribution < -0.4 is 0 Å². The summed E-state index contributed by atoms with van der Waals surface area (Å²) in [5.74, 6) is 1.86. The van der Waals surface area contributed by atoms with Crippen molar-refractivity contribution in [2.75, 3.05) is 5.33 Å². The lowest BCUT2D eigenvalue weighted by molar-refractivity contribution is 0.236. The van der Waals surface area contributed by atoms with Crippen LogP contribution in [0.3, 0.4) is 0 Å². The molecule has 1 unspecified atom stereocenters. The van der Waals surface area contributed by atoms with E-state index < -0.39 is 0 Å². The zero-order valence-corrected chi connectivity index (χ0v) is 13.7. The first-order chi connectivity index (χ1) is 8.43. The monoisotopic (exact) mass is 312 g/mol. The molecule has 0 aliphatic heterocycles. The van der Waals surface area contributed by atoms with E-state index in [0.717, 1.165) is 11.9 Å². The van der Waals surface area contributed by atoms with Crippen molar-refractivity contribution in [2.24, 2.45) is 11.3 Å². The second-order valence-corrected chi connectivity index (χ2v) is 7.23. The lowest BCUT2D eigenvalue weighted by atomic mass is 9.82. The molecule has 0 radical (unpaired) electrons. The first kappa shape index (κ1) is 14.1. The molecule has 1 heterocycles. The number of aryl methyl sites for hydroxylation is 2. The number of rotatable bonds is 3. The van der Waals surface area contributed by atoms with Crippen LogP contribution in [0.1, 0.15) is 50.8 Å². The molecule has 102 valence electrons. The third-order valence-electron chi connectivity index (χ3n) is 4.24. The molecule has 0 saturated heterocycles. The van der Waals surface area contributed by atoms with Gasteiger partial charge >= 0.3 is 0 Å². The Hall–Kier alpha value is -0.310. The summed E-state index contributed by atoms with van der Waals surface area (Å²) in [5.41, 5.74) is 3.21. The summed E-state index contributed by atoms with van der Waals surface area (Å²) in [5, 5.41) is 1.06. The Labute approximate surface area is 119 Å². The Morgan fingerprint density at radius 3 is 2.56 bits per heavy atom. The average molecular weight is 313 g/mol. The van der Waals surface area contributed by atoms with Crippen LogP contribution in [0.25, 0.3) is 0 Å². The van der Waals surface area contributed by atoms with Gasteiger partial charge in [-0.25, -0.2) is 4.98 Å². The number of hydrogen-bond acceptors (Lipinski definition) is 1. The van der Waals surface area contributed by atoms with Crippen LogP contribution in [0.4, 0.5) is 0 Å². The maximum atomic E-state index is 4.77. The quantitative estimate of drug-likeness (QED) is 0.767. The first-order valence-corrected chi connectivity index (χ1v) is 8.16. The van der Waals surface area contributed by atoms with Crippen molar-refractivity contribution in [3.8, 4) is 0 Å². The zero-order valence-electron chi connectivity index (χ0n) is 12.1. The second kappa shape index (κ2) is 5.36. The molecular weight excluding hydrogens is 288 g/mol. The molecule has 0 fully saturated rings. The maximum Gasteiger partial charge on any atom is 0.106 e. The molecule has 18 heavy (non-hydrogen) atoms. The number of halogens is 1. The van der Waals surface area contributed by atoms with Crippen molar-refractivity contribution < 1.29 is 0 Å². The van der Waals surface area contributed by atoms with Crippen molar-refractivity contribution in [1.82, 2.24) is 9.55 Å². The minimum absolute atomic E-state index is 0.335. The van der Waals surface area contributed by atoms with Gasteiger partial charge in [-0.2, -0.15) is 0 Å². The van der Waals surface area contributed by atoms with Gasteiger partial charge in [0.15, 0.2) is 0 Å². The molecule has 1 aromatic rings. The smallest absolute Gasteiger partial charge is 0.106 e. The van der Waals surface area contributed by atoms with E-state index in [9.17, 15) is 0 Å². The molecule has 0 spiro atoms. The third-order valence-corrected chi connectivity index (χ3v) is 5.02. The van der Waals surface area contributed by atoms with Gasteiger partial charge < -0.3 is 4.57 Å². The molecule has 0 N–H and O–H groups in total. The summed E-state index contributed by atoms with van der Waals surface area (Å²) in [6, 6.07) is 0. The minimum atomic E-state index is 0.335. The normalized spacial score (nSPS) is 17.6. The van der Waals surface area contributed by atoms with Crippen molar-refractivity contribution in [3.63, 3.8) is 0 Å². The average Bonchev–Trinajstić information content (AvgIpc) is 2.60. The Morgan fingerprint density at radius 2 is 1.94 bits per heavy atom. The van der Waals surface area contributed by atoms with E-state index in [1.165, 1.54) is 42.9 Å². The van der Waals surface area contributed by atoms with Gasteiger partial charge in [0.1, 0.15) is 5.82 Å². The molecule has 0 saturated carbocycles. The second-order valence-electron chi connectivity index (χ2n) is 6.59. The minimum Gasteiger partial charge on any atom is -0.332 e. The van der Waals surface area contributed by atoms with Gasteiger partial charge in [0.2, 0.25) is 0 Å². The summed E-state index contributed by atoms with van der Waals surface area (Å²) < 4.78 is 2.48. The number of fused-ring (bicyclic) bond motifs is 1. The number of imidazole rings is 1. The van der Waals surface area contributed by atoms with E-state index in [1.54, 1.807) is 0 Å². The van der Waals surface area contributed by atoms with Crippen LogP contribution in [0.15, 0.2) is 0 Å². The first-order valence-electron chi connectivity index (χ1n) is 7.04. The summed E-state index contributed by atoms with van der Waals surface area (Å²) in [6.45, 7) is 10.3. The summed E-state index contributed by atoms with van der Waals surface area (Å²) in [7, 11) is 0. The highest BCUT2D eigenvalue weighted by Crippen LogP contribution is 2.31. The van der Waals surface area contributed by atoms with Crippen LogP contribution in [-0.4, -0.2) is 14.9 Å². The number of aromatic nitrogens is 2. The van der Waals surface area contributed by atoms with Gasteiger partial charge in [-0.05, 0) is 43.9 Å². The maximum absolute atomic E-state index is 4.77. The highest BCUT2D eigenvalue weighted by atomic mass is 79.9. The molecule has 0 aromatic carbocycles. The van der Waals surface area contributed by atoms with Gasteiger partial charge in [0.05, 0.1) is 5.69 Å². The fraction of sp³-hybridized carbons (Fsp3) is 0.800. The molecule has 1 aliphatic rings. The van der Waals surface area contributed by atoms with E-state index in [0.29, 0.717) is 11.3 Å². The van der Waals surface area contributed by atoms with Crippen molar-refractivity contribution >= 4 is 15.9 Å². The van der Waals surface area contributed by atoms with Gasteiger partial charge in [-0.3, -0.25) is 0 Å². The highest BCUT2D eigenvalue weighted by molar-refractivity contribution is 9.09. The molecular formula is C15H25BrN2. The van der Waals surface area contributed by atoms with Gasteiger partial charge in [0.25, 0.3) is 0 Å². The Morgan fingerprint density at radius 1 is 1.28 bits per heavy atom. The molecule has 2 rings (SSSR count). The number of hydrogen-bond donors (Lipinski definition) is 0. The number of alkyl halides is 1. The molecule has 3 heteroatoms. The summed E-state index contributed by atoms with van der Waals surface area (Å²) in [4.78, 5) is 4.77. The van der Waals surface area contributed by atoms with Crippen LogP contribution in [-0.2, 0) is 19.4 Å². The number of nitrogens with zero attached hydrogens (tertiary/aromatic N) is 2. The molecule has 2 nitrogen and oxygen atoms in total. The predicted octanol–water partition coefficient (Wildman–Crippen LogP) is 4.13. The molecule has 1 atom stereocenters. The predicted molar refractivity (Wildman–Crippen MR) is 80.3 cm³/mol. The van der Waals surface area contributed by atoms with E-state index >= 15 is 0 Å². The highest BCUT2D eigenvalue weighted by Gasteiger charge is 2.26. The Kier molecular flexibility index (Phi) is 4.20. The molecule has 0 bridgehead atoms. The van der Waals surface area contributed by atoms with Crippen molar-refractivity contribution in [1.29, 1.82) is 0 Å². The van der Waals surface area contributed by atoms with Gasteiger partial charge in [-0.1, -0.05) is 36.7 Å². The van der Waals surface area contributed by atoms with Crippen LogP contribution in [0, 0.1) is 18.3 Å². The SMILES string of the molecule is Cc1nc2c(n1CC(CBr)C(C)(C)C)CCCC2. The fourth-order valence-electron chi connectivity index (χ4n) is 2.75. The van der Waals surface area contributed by atoms with Gasteiger partial charge in [-0.15, -0.1) is 0 Å². The van der Waals surface area contributed by atoms with Crippen molar-refractivity contribution in [2.45, 2.75) is 59.9 Å². The van der Waals surface area contributed by atoms with Crippen LogP contribution in [0.2, 0.25) is 0 Å². The van der Waals surface area contributed by atoms with E-state index in [2.05, 4.69) is 48.2 Å². The molecule has 1 aliphatic carbocycles. The largest absolute Gasteiger partial charge is 0.332 e. The molecule has 1 aromatic heterocycles.